The summed E-state index contributed by atoms with van der Waals surface area (Å²) in [5.74, 6) is -0.343. The molecule has 2 aromatic rings. The number of hydrogen-bond acceptors (Lipinski definition) is 3. The number of hydrogen-bond donors (Lipinski definition) is 1. The van der Waals surface area contributed by atoms with Crippen LogP contribution in [0.3, 0.4) is 0 Å². The molecule has 26 heavy (non-hydrogen) atoms. The van der Waals surface area contributed by atoms with Gasteiger partial charge in [-0.2, -0.15) is 26.3 Å². The highest BCUT2D eigenvalue weighted by atomic mass is 35.5. The summed E-state index contributed by atoms with van der Waals surface area (Å²) in [7, 11) is 0. The summed E-state index contributed by atoms with van der Waals surface area (Å²) in [4.78, 5) is 16.0. The van der Waals surface area contributed by atoms with E-state index in [0.29, 0.717) is 18.2 Å². The number of anilines is 2. The van der Waals surface area contributed by atoms with Gasteiger partial charge < -0.3 is 5.32 Å². The molecule has 11 heteroatoms. The maximum atomic E-state index is 13.2. The molecule has 0 aliphatic heterocycles. The molecule has 0 amide bonds. The average Bonchev–Trinajstić information content (AvgIpc) is 2.51. The van der Waals surface area contributed by atoms with Crippen molar-refractivity contribution in [1.82, 2.24) is 9.55 Å². The first-order chi connectivity index (χ1) is 11.9. The van der Waals surface area contributed by atoms with E-state index < -0.39 is 34.7 Å². The van der Waals surface area contributed by atoms with Gasteiger partial charge in [0, 0.05) is 6.54 Å². The maximum Gasteiger partial charge on any atom is 0.418 e. The lowest BCUT2D eigenvalue weighted by molar-refractivity contribution is -0.140. The summed E-state index contributed by atoms with van der Waals surface area (Å²) < 4.78 is 79.0. The molecule has 1 N–H and O–H groups in total. The van der Waals surface area contributed by atoms with Gasteiger partial charge in [-0.05, 0) is 32.0 Å². The van der Waals surface area contributed by atoms with Gasteiger partial charge in [0.1, 0.15) is 5.02 Å². The molecule has 1 aromatic carbocycles. The third-order valence-electron chi connectivity index (χ3n) is 3.49. The van der Waals surface area contributed by atoms with Crippen LogP contribution in [0.25, 0.3) is 0 Å². The molecule has 142 valence electrons. The highest BCUT2D eigenvalue weighted by Crippen LogP contribution is 2.39. The summed E-state index contributed by atoms with van der Waals surface area (Å²) >= 11 is 5.77. The van der Waals surface area contributed by atoms with Crippen molar-refractivity contribution in [1.29, 1.82) is 0 Å². The normalized spacial score (nSPS) is 12.3. The Morgan fingerprint density at radius 3 is 2.27 bits per heavy atom. The quantitative estimate of drug-likeness (QED) is 0.738. The molecule has 0 unspecified atom stereocenters. The van der Waals surface area contributed by atoms with Gasteiger partial charge in [0.15, 0.2) is 0 Å². The van der Waals surface area contributed by atoms with Crippen molar-refractivity contribution in [2.24, 2.45) is 0 Å². The topological polar surface area (TPSA) is 46.9 Å². The van der Waals surface area contributed by atoms with E-state index in [2.05, 4.69) is 10.3 Å². The van der Waals surface area contributed by atoms with Crippen LogP contribution in [-0.4, -0.2) is 9.55 Å². The van der Waals surface area contributed by atoms with Crippen molar-refractivity contribution in [2.75, 3.05) is 5.32 Å². The van der Waals surface area contributed by atoms with Crippen molar-refractivity contribution < 1.29 is 26.3 Å². The van der Waals surface area contributed by atoms with Crippen molar-refractivity contribution >= 4 is 23.2 Å². The van der Waals surface area contributed by atoms with E-state index in [4.69, 9.17) is 11.6 Å². The van der Waals surface area contributed by atoms with Gasteiger partial charge >= 0.3 is 12.4 Å². The second-order valence-corrected chi connectivity index (χ2v) is 5.64. The molecule has 0 saturated heterocycles. The number of rotatable bonds is 3. The van der Waals surface area contributed by atoms with Crippen LogP contribution < -0.4 is 10.9 Å². The molecule has 0 aliphatic carbocycles. The SMILES string of the molecule is CCn1c(Nc2cc(C(F)(F)F)ccc2C(F)(F)F)nc(C)c(Cl)c1=O. The minimum atomic E-state index is -4.91. The molecule has 0 fully saturated rings. The summed E-state index contributed by atoms with van der Waals surface area (Å²) in [6.45, 7) is 2.86. The fraction of sp³-hybridized carbons (Fsp3) is 0.333. The molecular weight excluding hydrogens is 388 g/mol. The smallest absolute Gasteiger partial charge is 0.325 e. The zero-order chi connectivity index (χ0) is 19.9. The molecule has 1 heterocycles. The van der Waals surface area contributed by atoms with Crippen LogP contribution in [0.5, 0.6) is 0 Å². The van der Waals surface area contributed by atoms with E-state index in [1.165, 1.54) is 13.8 Å². The lowest BCUT2D eigenvalue weighted by Gasteiger charge is -2.19. The van der Waals surface area contributed by atoms with Gasteiger partial charge in [-0.1, -0.05) is 11.6 Å². The Morgan fingerprint density at radius 2 is 1.77 bits per heavy atom. The largest absolute Gasteiger partial charge is 0.418 e. The Bertz CT molecular complexity index is 889. The third kappa shape index (κ3) is 3.95. The molecule has 0 spiro atoms. The zero-order valence-electron chi connectivity index (χ0n) is 13.4. The second kappa shape index (κ2) is 6.82. The summed E-state index contributed by atoms with van der Waals surface area (Å²) in [6.07, 6.45) is -9.75. The lowest BCUT2D eigenvalue weighted by Crippen LogP contribution is -2.25. The average molecular weight is 400 g/mol. The summed E-state index contributed by atoms with van der Waals surface area (Å²) in [5.41, 5.74) is -4.16. The minimum Gasteiger partial charge on any atom is -0.325 e. The van der Waals surface area contributed by atoms with E-state index >= 15 is 0 Å². The number of benzene rings is 1. The van der Waals surface area contributed by atoms with Crippen LogP contribution in [0, 0.1) is 6.92 Å². The van der Waals surface area contributed by atoms with E-state index in [1.54, 1.807) is 0 Å². The van der Waals surface area contributed by atoms with Crippen molar-refractivity contribution in [3.05, 3.63) is 50.4 Å². The maximum absolute atomic E-state index is 13.2. The van der Waals surface area contributed by atoms with Crippen LogP contribution >= 0.6 is 11.6 Å². The van der Waals surface area contributed by atoms with Crippen LogP contribution in [0.2, 0.25) is 5.02 Å². The Labute approximate surface area is 148 Å². The molecule has 0 radical (unpaired) electrons. The van der Waals surface area contributed by atoms with Gasteiger partial charge in [0.25, 0.3) is 5.56 Å². The highest BCUT2D eigenvalue weighted by Gasteiger charge is 2.37. The number of nitrogens with one attached hydrogen (secondary N) is 1. The molecule has 0 saturated carbocycles. The first-order valence-electron chi connectivity index (χ1n) is 7.18. The Morgan fingerprint density at radius 1 is 1.15 bits per heavy atom. The number of halogens is 7. The molecule has 0 aliphatic rings. The Hall–Kier alpha value is -2.23. The van der Waals surface area contributed by atoms with Gasteiger partial charge in [-0.25, -0.2) is 4.98 Å². The van der Waals surface area contributed by atoms with E-state index in [9.17, 15) is 31.1 Å². The third-order valence-corrected chi connectivity index (χ3v) is 3.93. The summed E-state index contributed by atoms with van der Waals surface area (Å²) in [6, 6.07) is 0.975. The van der Waals surface area contributed by atoms with Crippen LogP contribution in [0.4, 0.5) is 38.0 Å². The predicted molar refractivity (Wildman–Crippen MR) is 83.6 cm³/mol. The summed E-state index contributed by atoms with van der Waals surface area (Å²) in [5, 5.41) is 1.97. The minimum absolute atomic E-state index is 0.00548. The van der Waals surface area contributed by atoms with Crippen molar-refractivity contribution in [3.8, 4) is 0 Å². The first-order valence-corrected chi connectivity index (χ1v) is 7.56. The van der Waals surface area contributed by atoms with Crippen LogP contribution in [0.1, 0.15) is 23.7 Å². The molecule has 0 bridgehead atoms. The van der Waals surface area contributed by atoms with Gasteiger partial charge in [-0.15, -0.1) is 0 Å². The van der Waals surface area contributed by atoms with Crippen LogP contribution in [0.15, 0.2) is 23.0 Å². The predicted octanol–water partition coefficient (Wildman–Crippen LogP) is 5.01. The molecule has 2 rings (SSSR count). The second-order valence-electron chi connectivity index (χ2n) is 5.27. The number of aryl methyl sites for hydroxylation is 1. The monoisotopic (exact) mass is 399 g/mol. The van der Waals surface area contributed by atoms with Gasteiger partial charge in [0.05, 0.1) is 22.5 Å². The van der Waals surface area contributed by atoms with Crippen LogP contribution in [-0.2, 0) is 18.9 Å². The highest BCUT2D eigenvalue weighted by molar-refractivity contribution is 6.31. The lowest BCUT2D eigenvalue weighted by atomic mass is 10.1. The number of alkyl halides is 6. The van der Waals surface area contributed by atoms with Crippen molar-refractivity contribution in [3.63, 3.8) is 0 Å². The first kappa shape index (κ1) is 20.1. The fourth-order valence-corrected chi connectivity index (χ4v) is 2.36. The van der Waals surface area contributed by atoms with Gasteiger partial charge in [0.2, 0.25) is 5.95 Å². The Balaban J connectivity index is 2.67. The Kier molecular flexibility index (Phi) is 5.27. The van der Waals surface area contributed by atoms with E-state index in [-0.39, 0.29) is 23.2 Å². The molecule has 4 nitrogen and oxygen atoms in total. The molecular formula is C15H12ClF6N3O. The zero-order valence-corrected chi connectivity index (χ0v) is 14.1. The van der Waals surface area contributed by atoms with Crippen molar-refractivity contribution in [2.45, 2.75) is 32.7 Å². The number of aromatic nitrogens is 2. The number of nitrogens with zero attached hydrogens (tertiary/aromatic N) is 2. The van der Waals surface area contributed by atoms with E-state index in [0.717, 1.165) is 4.57 Å². The van der Waals surface area contributed by atoms with E-state index in [1.807, 2.05) is 0 Å². The molecule has 0 atom stereocenters. The fourth-order valence-electron chi connectivity index (χ4n) is 2.22. The molecule has 1 aromatic heterocycles. The van der Waals surface area contributed by atoms with Gasteiger partial charge in [-0.3, -0.25) is 9.36 Å². The standard InChI is InChI=1S/C15H12ClF6N3O/c1-3-25-12(26)11(16)7(2)23-13(25)24-10-6-8(14(17,18)19)4-5-9(10)15(20,21)22/h4-6H,3H2,1-2H3,(H,23,24).